The number of hydrogen-bond donors (Lipinski definition) is 2. The molecule has 6 heteroatoms. The molecule has 0 saturated carbocycles. The third-order valence-corrected chi connectivity index (χ3v) is 3.91. The van der Waals surface area contributed by atoms with Crippen molar-refractivity contribution in [1.82, 2.24) is 20.3 Å². The molecule has 0 radical (unpaired) electrons. The fraction of sp³-hybridized carbons (Fsp3) is 0.500. The van der Waals surface area contributed by atoms with E-state index in [0.29, 0.717) is 17.6 Å². The first kappa shape index (κ1) is 13.1. The Balaban J connectivity index is 1.88. The first-order chi connectivity index (χ1) is 9.79. The fourth-order valence-corrected chi connectivity index (χ4v) is 2.77. The van der Waals surface area contributed by atoms with Gasteiger partial charge in [-0.05, 0) is 31.0 Å². The molecule has 1 amide bonds. The number of aromatic nitrogens is 3. The number of hydrogen-bond acceptors (Lipinski definition) is 4. The maximum absolute atomic E-state index is 12.6. The third-order valence-electron chi connectivity index (χ3n) is 3.91. The lowest BCUT2D eigenvalue weighted by atomic mass is 10.1. The molecule has 106 valence electrons. The van der Waals surface area contributed by atoms with Crippen molar-refractivity contribution in [2.45, 2.75) is 31.7 Å². The maximum Gasteiger partial charge on any atom is 0.254 e. The number of amides is 1. The van der Waals surface area contributed by atoms with Crippen LogP contribution in [0.25, 0.3) is 11.0 Å². The number of carbonyl (C=O) groups excluding carboxylic acids is 1. The van der Waals surface area contributed by atoms with Gasteiger partial charge in [0.05, 0.1) is 12.6 Å². The average Bonchev–Trinajstić information content (AvgIpc) is 2.81. The summed E-state index contributed by atoms with van der Waals surface area (Å²) in [5.41, 5.74) is 2.04. The van der Waals surface area contributed by atoms with Crippen LogP contribution < -0.4 is 0 Å². The molecule has 3 rings (SSSR count). The average molecular weight is 274 g/mol. The molecule has 1 aliphatic heterocycles. The molecule has 2 N–H and O–H groups in total. The number of nitrogens with one attached hydrogen (secondary N) is 1. The van der Waals surface area contributed by atoms with Crippen LogP contribution in [0.3, 0.4) is 0 Å². The number of likely N-dealkylation sites (tertiary alicyclic amines) is 1. The Morgan fingerprint density at radius 1 is 1.30 bits per heavy atom. The quantitative estimate of drug-likeness (QED) is 0.865. The summed E-state index contributed by atoms with van der Waals surface area (Å²) in [6.07, 6.45) is 4.04. The van der Waals surface area contributed by atoms with Crippen LogP contribution in [-0.4, -0.2) is 50.5 Å². The second kappa shape index (κ2) is 5.58. The number of benzene rings is 1. The summed E-state index contributed by atoms with van der Waals surface area (Å²) >= 11 is 0. The van der Waals surface area contributed by atoms with E-state index in [4.69, 9.17) is 0 Å². The zero-order valence-electron chi connectivity index (χ0n) is 11.2. The Kier molecular flexibility index (Phi) is 3.64. The summed E-state index contributed by atoms with van der Waals surface area (Å²) in [5, 5.41) is 20.0. The van der Waals surface area contributed by atoms with E-state index in [1.807, 2.05) is 0 Å². The van der Waals surface area contributed by atoms with Crippen molar-refractivity contribution in [2.24, 2.45) is 0 Å². The number of aromatic amines is 1. The van der Waals surface area contributed by atoms with E-state index in [9.17, 15) is 9.90 Å². The zero-order chi connectivity index (χ0) is 13.9. The van der Waals surface area contributed by atoms with Gasteiger partial charge in [-0.2, -0.15) is 15.4 Å². The minimum absolute atomic E-state index is 0.0257. The first-order valence-corrected chi connectivity index (χ1v) is 7.02. The number of H-pyrrole nitrogens is 1. The Bertz CT molecular complexity index is 610. The summed E-state index contributed by atoms with van der Waals surface area (Å²) in [6, 6.07) is 5.24. The van der Waals surface area contributed by atoms with Crippen LogP contribution >= 0.6 is 0 Å². The zero-order valence-corrected chi connectivity index (χ0v) is 11.2. The molecular weight excluding hydrogens is 256 g/mol. The smallest absolute Gasteiger partial charge is 0.254 e. The lowest BCUT2D eigenvalue weighted by molar-refractivity contribution is 0.0600. The summed E-state index contributed by atoms with van der Waals surface area (Å²) in [5.74, 6) is -0.0316. The molecule has 20 heavy (non-hydrogen) atoms. The lowest BCUT2D eigenvalue weighted by Crippen LogP contribution is -2.42. The molecular formula is C14H18N4O2. The topological polar surface area (TPSA) is 82.1 Å². The van der Waals surface area contributed by atoms with E-state index in [-0.39, 0.29) is 18.6 Å². The van der Waals surface area contributed by atoms with E-state index >= 15 is 0 Å². The van der Waals surface area contributed by atoms with Gasteiger partial charge in [-0.1, -0.05) is 12.8 Å². The van der Waals surface area contributed by atoms with Gasteiger partial charge < -0.3 is 10.0 Å². The highest BCUT2D eigenvalue weighted by Gasteiger charge is 2.25. The summed E-state index contributed by atoms with van der Waals surface area (Å²) in [7, 11) is 0. The molecule has 1 unspecified atom stereocenters. The minimum atomic E-state index is -0.0713. The van der Waals surface area contributed by atoms with Crippen molar-refractivity contribution >= 4 is 16.9 Å². The summed E-state index contributed by atoms with van der Waals surface area (Å²) in [4.78, 5) is 14.4. The molecule has 1 aromatic carbocycles. The van der Waals surface area contributed by atoms with Crippen LogP contribution in [0.4, 0.5) is 0 Å². The molecule has 1 saturated heterocycles. The van der Waals surface area contributed by atoms with Crippen molar-refractivity contribution < 1.29 is 9.90 Å². The van der Waals surface area contributed by atoms with Gasteiger partial charge in [0, 0.05) is 12.1 Å². The second-order valence-corrected chi connectivity index (χ2v) is 5.21. The van der Waals surface area contributed by atoms with E-state index in [2.05, 4.69) is 15.4 Å². The number of fused-ring (bicyclic) bond motifs is 1. The first-order valence-electron chi connectivity index (χ1n) is 7.02. The number of rotatable bonds is 2. The van der Waals surface area contributed by atoms with Crippen LogP contribution in [0.1, 0.15) is 36.0 Å². The van der Waals surface area contributed by atoms with Crippen molar-refractivity contribution in [3.8, 4) is 0 Å². The van der Waals surface area contributed by atoms with Crippen LogP contribution in [-0.2, 0) is 0 Å². The summed E-state index contributed by atoms with van der Waals surface area (Å²) < 4.78 is 0. The van der Waals surface area contributed by atoms with Gasteiger partial charge >= 0.3 is 0 Å². The molecule has 0 aliphatic carbocycles. The molecule has 6 nitrogen and oxygen atoms in total. The highest BCUT2D eigenvalue weighted by molar-refractivity contribution is 5.97. The predicted molar refractivity (Wildman–Crippen MR) is 74.3 cm³/mol. The molecule has 1 atom stereocenters. The second-order valence-electron chi connectivity index (χ2n) is 5.21. The van der Waals surface area contributed by atoms with Gasteiger partial charge in [0.15, 0.2) is 0 Å². The van der Waals surface area contributed by atoms with Crippen LogP contribution in [0.5, 0.6) is 0 Å². The molecule has 1 aromatic heterocycles. The number of aliphatic hydroxyl groups excluding tert-OH is 1. The van der Waals surface area contributed by atoms with Crippen LogP contribution in [0.15, 0.2) is 18.2 Å². The number of nitrogens with zero attached hydrogens (tertiary/aromatic N) is 3. The van der Waals surface area contributed by atoms with Crippen molar-refractivity contribution in [1.29, 1.82) is 0 Å². The Labute approximate surface area is 116 Å². The molecule has 1 fully saturated rings. The Morgan fingerprint density at radius 3 is 3.00 bits per heavy atom. The highest BCUT2D eigenvalue weighted by Crippen LogP contribution is 2.20. The van der Waals surface area contributed by atoms with E-state index in [1.165, 1.54) is 0 Å². The molecule has 2 aromatic rings. The number of aliphatic hydroxyl groups is 1. The van der Waals surface area contributed by atoms with Crippen LogP contribution in [0.2, 0.25) is 0 Å². The minimum Gasteiger partial charge on any atom is -0.394 e. The van der Waals surface area contributed by atoms with E-state index in [0.717, 1.165) is 31.2 Å². The monoisotopic (exact) mass is 274 g/mol. The van der Waals surface area contributed by atoms with Crippen molar-refractivity contribution in [2.75, 3.05) is 13.2 Å². The van der Waals surface area contributed by atoms with Gasteiger partial charge in [-0.15, -0.1) is 0 Å². The molecule has 1 aliphatic rings. The Hall–Kier alpha value is -1.95. The van der Waals surface area contributed by atoms with Gasteiger partial charge in [-0.25, -0.2) is 0 Å². The van der Waals surface area contributed by atoms with E-state index < -0.39 is 0 Å². The van der Waals surface area contributed by atoms with Crippen molar-refractivity contribution in [3.63, 3.8) is 0 Å². The molecule has 0 bridgehead atoms. The summed E-state index contributed by atoms with van der Waals surface area (Å²) in [6.45, 7) is 0.735. The third kappa shape index (κ3) is 2.38. The predicted octanol–water partition coefficient (Wildman–Crippen LogP) is 1.33. The highest BCUT2D eigenvalue weighted by atomic mass is 16.3. The fourth-order valence-electron chi connectivity index (χ4n) is 2.77. The van der Waals surface area contributed by atoms with Gasteiger partial charge in [0.1, 0.15) is 11.0 Å². The van der Waals surface area contributed by atoms with Gasteiger partial charge in [-0.3, -0.25) is 4.79 Å². The lowest BCUT2D eigenvalue weighted by Gasteiger charge is -2.28. The Morgan fingerprint density at radius 2 is 2.15 bits per heavy atom. The SMILES string of the molecule is O=C(c1ccc2n[nH]nc2c1)N1CCCCCC1CO. The number of carbonyl (C=O) groups is 1. The van der Waals surface area contributed by atoms with Gasteiger partial charge in [0.2, 0.25) is 0 Å². The van der Waals surface area contributed by atoms with E-state index in [1.54, 1.807) is 23.1 Å². The molecule has 2 heterocycles. The van der Waals surface area contributed by atoms with Crippen molar-refractivity contribution in [3.05, 3.63) is 23.8 Å². The standard InChI is InChI=1S/C14H18N4O2/c19-9-11-4-2-1-3-7-18(11)14(20)10-5-6-12-13(8-10)16-17-15-12/h5-6,8,11,19H,1-4,7,9H2,(H,15,16,17). The normalized spacial score (nSPS) is 20.1. The largest absolute Gasteiger partial charge is 0.394 e. The molecule has 0 spiro atoms. The maximum atomic E-state index is 12.6. The van der Waals surface area contributed by atoms with Gasteiger partial charge in [0.25, 0.3) is 5.91 Å². The van der Waals surface area contributed by atoms with Crippen LogP contribution in [0, 0.1) is 0 Å².